The molecular formula is C20H17Cl2F2N3O3S. The summed E-state index contributed by atoms with van der Waals surface area (Å²) in [6, 6.07) is 10.6. The van der Waals surface area contributed by atoms with E-state index < -0.39 is 10.8 Å². The Labute approximate surface area is 191 Å². The molecule has 2 aromatic rings. The van der Waals surface area contributed by atoms with Crippen LogP contribution in [0.2, 0.25) is 5.02 Å². The number of hydrogen-bond acceptors (Lipinski definition) is 5. The molecule has 0 aliphatic carbocycles. The zero-order valence-electron chi connectivity index (χ0n) is 16.4. The molecule has 164 valence electrons. The van der Waals surface area contributed by atoms with Gasteiger partial charge in [0.1, 0.15) is 11.0 Å². The first-order valence-electron chi connectivity index (χ1n) is 8.96. The van der Waals surface area contributed by atoms with E-state index in [4.69, 9.17) is 23.2 Å². The Hall–Kier alpha value is -2.36. The average molecular weight is 488 g/mol. The molecular weight excluding hydrogens is 471 g/mol. The highest BCUT2D eigenvalue weighted by Gasteiger charge is 2.34. The molecule has 0 saturated carbocycles. The number of benzene rings is 2. The predicted molar refractivity (Wildman–Crippen MR) is 119 cm³/mol. The van der Waals surface area contributed by atoms with Crippen molar-refractivity contribution in [2.75, 3.05) is 12.4 Å². The number of thioether (sulfide) groups is 1. The Morgan fingerprint density at radius 3 is 2.58 bits per heavy atom. The van der Waals surface area contributed by atoms with E-state index in [1.807, 2.05) is 6.92 Å². The standard InChI is InChI=1S/C20H17Cl2F2N3O3S/c1-11-3-4-13(9-15(11)21)25-18(29)16-10-17(28)27(2)19(31-16)26-12-5-7-14(8-6-12)30-20(22,23)24/h3-9,16H,10H2,1-2H3,(H,25,29)/t16-/m1/s1. The number of halogens is 4. The number of nitrogens with zero attached hydrogens (tertiary/aromatic N) is 2. The van der Waals surface area contributed by atoms with Crippen molar-refractivity contribution >= 4 is 63.3 Å². The Balaban J connectivity index is 1.74. The van der Waals surface area contributed by atoms with Gasteiger partial charge in [0, 0.05) is 35.8 Å². The van der Waals surface area contributed by atoms with Gasteiger partial charge in [0.15, 0.2) is 5.17 Å². The normalized spacial score (nSPS) is 18.3. The van der Waals surface area contributed by atoms with Crippen molar-refractivity contribution in [3.05, 3.63) is 53.1 Å². The van der Waals surface area contributed by atoms with Crippen LogP contribution in [-0.2, 0) is 9.59 Å². The SMILES string of the molecule is Cc1ccc(NC(=O)[C@H]2CC(=O)N(C)C(=Nc3ccc(OC(F)(F)Cl)cc3)S2)cc1Cl. The number of alkyl halides is 3. The summed E-state index contributed by atoms with van der Waals surface area (Å²) < 4.78 is 29.7. The zero-order chi connectivity index (χ0) is 22.8. The quantitative estimate of drug-likeness (QED) is 0.572. The third kappa shape index (κ3) is 6.32. The van der Waals surface area contributed by atoms with E-state index >= 15 is 0 Å². The van der Waals surface area contributed by atoms with Crippen LogP contribution in [0.4, 0.5) is 20.2 Å². The molecule has 1 N–H and O–H groups in total. The van der Waals surface area contributed by atoms with E-state index in [1.54, 1.807) is 25.2 Å². The van der Waals surface area contributed by atoms with Gasteiger partial charge in [0.2, 0.25) is 11.8 Å². The van der Waals surface area contributed by atoms with Crippen LogP contribution in [-0.4, -0.2) is 39.7 Å². The van der Waals surface area contributed by atoms with Crippen LogP contribution in [0.1, 0.15) is 12.0 Å². The third-order valence-electron chi connectivity index (χ3n) is 4.30. The predicted octanol–water partition coefficient (Wildman–Crippen LogP) is 5.41. The molecule has 1 saturated heterocycles. The van der Waals surface area contributed by atoms with Crippen molar-refractivity contribution < 1.29 is 23.1 Å². The molecule has 6 nitrogen and oxygen atoms in total. The molecule has 0 radical (unpaired) electrons. The highest BCUT2D eigenvalue weighted by molar-refractivity contribution is 8.15. The highest BCUT2D eigenvalue weighted by Crippen LogP contribution is 2.31. The van der Waals surface area contributed by atoms with Gasteiger partial charge in [-0.05, 0) is 48.9 Å². The number of rotatable bonds is 5. The molecule has 3 rings (SSSR count). The lowest BCUT2D eigenvalue weighted by molar-refractivity contribution is -0.128. The number of aryl methyl sites for hydroxylation is 1. The highest BCUT2D eigenvalue weighted by atomic mass is 35.5. The maximum Gasteiger partial charge on any atom is 0.487 e. The topological polar surface area (TPSA) is 71.0 Å². The largest absolute Gasteiger partial charge is 0.487 e. The summed E-state index contributed by atoms with van der Waals surface area (Å²) in [5.74, 6) is -0.771. The number of aliphatic imine (C=N–C) groups is 1. The molecule has 0 unspecified atom stereocenters. The van der Waals surface area contributed by atoms with Crippen molar-refractivity contribution in [3.63, 3.8) is 0 Å². The maximum absolute atomic E-state index is 12.7. The van der Waals surface area contributed by atoms with E-state index in [0.29, 0.717) is 21.6 Å². The van der Waals surface area contributed by atoms with Gasteiger partial charge in [-0.3, -0.25) is 14.5 Å². The summed E-state index contributed by atoms with van der Waals surface area (Å²) >= 11 is 12.0. The van der Waals surface area contributed by atoms with Crippen LogP contribution in [0, 0.1) is 6.92 Å². The lowest BCUT2D eigenvalue weighted by Crippen LogP contribution is -2.43. The molecule has 1 aliphatic rings. The second-order valence-electron chi connectivity index (χ2n) is 6.65. The van der Waals surface area contributed by atoms with Crippen LogP contribution < -0.4 is 10.1 Å². The summed E-state index contributed by atoms with van der Waals surface area (Å²) in [5.41, 5.74) is -2.03. The molecule has 1 atom stereocenters. The van der Waals surface area contributed by atoms with Gasteiger partial charge in [0.25, 0.3) is 0 Å². The van der Waals surface area contributed by atoms with Gasteiger partial charge >= 0.3 is 5.57 Å². The Morgan fingerprint density at radius 1 is 1.29 bits per heavy atom. The van der Waals surface area contributed by atoms with E-state index in [0.717, 1.165) is 17.3 Å². The van der Waals surface area contributed by atoms with Crippen molar-refractivity contribution in [3.8, 4) is 5.75 Å². The third-order valence-corrected chi connectivity index (χ3v) is 6.02. The van der Waals surface area contributed by atoms with Crippen molar-refractivity contribution in [1.29, 1.82) is 0 Å². The van der Waals surface area contributed by atoms with Crippen molar-refractivity contribution in [2.24, 2.45) is 4.99 Å². The van der Waals surface area contributed by atoms with Crippen LogP contribution in [0.25, 0.3) is 0 Å². The number of amidine groups is 1. The molecule has 2 aromatic carbocycles. The first-order chi connectivity index (χ1) is 14.5. The number of carbonyl (C=O) groups excluding carboxylic acids is 2. The van der Waals surface area contributed by atoms with Gasteiger partial charge in [0.05, 0.1) is 5.69 Å². The molecule has 1 fully saturated rings. The zero-order valence-corrected chi connectivity index (χ0v) is 18.7. The van der Waals surface area contributed by atoms with Gasteiger partial charge in [-0.25, -0.2) is 4.99 Å². The van der Waals surface area contributed by atoms with Crippen LogP contribution in [0.5, 0.6) is 5.75 Å². The van der Waals surface area contributed by atoms with Gasteiger partial charge < -0.3 is 10.1 Å². The van der Waals surface area contributed by atoms with E-state index in [-0.39, 0.29) is 24.0 Å². The average Bonchev–Trinajstić information content (AvgIpc) is 2.68. The van der Waals surface area contributed by atoms with Gasteiger partial charge in [-0.2, -0.15) is 0 Å². The number of carbonyl (C=O) groups is 2. The Kier molecular flexibility index (Phi) is 7.08. The van der Waals surface area contributed by atoms with Crippen molar-refractivity contribution in [2.45, 2.75) is 24.2 Å². The monoisotopic (exact) mass is 487 g/mol. The first kappa shape index (κ1) is 23.3. The minimum Gasteiger partial charge on any atom is -0.420 e. The lowest BCUT2D eigenvalue weighted by atomic mass is 10.2. The van der Waals surface area contributed by atoms with Crippen LogP contribution >= 0.6 is 35.0 Å². The second kappa shape index (κ2) is 9.42. The number of ether oxygens (including phenoxy) is 1. The number of nitrogens with one attached hydrogen (secondary N) is 1. The number of amides is 2. The molecule has 1 heterocycles. The van der Waals surface area contributed by atoms with Crippen molar-refractivity contribution in [1.82, 2.24) is 4.90 Å². The maximum atomic E-state index is 12.7. The number of hydrogen-bond donors (Lipinski definition) is 1. The first-order valence-corrected chi connectivity index (χ1v) is 10.6. The molecule has 0 aromatic heterocycles. The Bertz CT molecular complexity index is 1030. The van der Waals surface area contributed by atoms with E-state index in [9.17, 15) is 18.4 Å². The van der Waals surface area contributed by atoms with Crippen LogP contribution in [0.3, 0.4) is 0 Å². The summed E-state index contributed by atoms with van der Waals surface area (Å²) in [4.78, 5) is 30.8. The number of anilines is 1. The molecule has 11 heteroatoms. The molecule has 0 spiro atoms. The smallest absolute Gasteiger partial charge is 0.420 e. The van der Waals surface area contributed by atoms with E-state index in [2.05, 4.69) is 15.0 Å². The minimum atomic E-state index is -3.82. The molecule has 0 bridgehead atoms. The fourth-order valence-electron chi connectivity index (χ4n) is 2.62. The van der Waals surface area contributed by atoms with E-state index in [1.165, 1.54) is 29.2 Å². The summed E-state index contributed by atoms with van der Waals surface area (Å²) in [6.07, 6.45) is 0.00317. The van der Waals surface area contributed by atoms with Gasteiger partial charge in [-0.1, -0.05) is 29.4 Å². The lowest BCUT2D eigenvalue weighted by Gasteiger charge is -2.28. The summed E-state index contributed by atoms with van der Waals surface area (Å²) in [6.45, 7) is 1.85. The second-order valence-corrected chi connectivity index (χ2v) is 8.67. The molecule has 2 amide bonds. The molecule has 1 aliphatic heterocycles. The summed E-state index contributed by atoms with van der Waals surface area (Å²) in [7, 11) is 1.55. The van der Waals surface area contributed by atoms with Crippen LogP contribution in [0.15, 0.2) is 47.5 Å². The van der Waals surface area contributed by atoms with Gasteiger partial charge in [-0.15, -0.1) is 8.78 Å². The Morgan fingerprint density at radius 2 is 1.97 bits per heavy atom. The summed E-state index contributed by atoms with van der Waals surface area (Å²) in [5, 5.41) is 2.88. The fraction of sp³-hybridized carbons (Fsp3) is 0.250. The fourth-order valence-corrected chi connectivity index (χ4v) is 3.96. The minimum absolute atomic E-state index is 0.00317. The molecule has 31 heavy (non-hydrogen) atoms.